The molecule has 242 valence electrons. The molecular weight excluding hydrogens is 676 g/mol. The molecule has 1 amide bonds. The van der Waals surface area contributed by atoms with Gasteiger partial charge in [0.1, 0.15) is 17.5 Å². The summed E-state index contributed by atoms with van der Waals surface area (Å²) in [5, 5.41) is 1.06. The fraction of sp³-hybridized carbons (Fsp3) is 0.270. The molecule has 10 heteroatoms. The van der Waals surface area contributed by atoms with Crippen molar-refractivity contribution in [2.75, 3.05) is 27.3 Å². The number of likely N-dealkylation sites (N-methyl/N-ethyl adjacent to an activating group) is 1. The molecule has 0 saturated carbocycles. The lowest BCUT2D eigenvalue weighted by molar-refractivity contribution is -0.127. The summed E-state index contributed by atoms with van der Waals surface area (Å²) in [4.78, 5) is 35.8. The maximum absolute atomic E-state index is 14.6. The van der Waals surface area contributed by atoms with Gasteiger partial charge in [-0.2, -0.15) is 0 Å². The number of carbonyl (C=O) groups is 1. The van der Waals surface area contributed by atoms with Gasteiger partial charge in [-0.25, -0.2) is 4.99 Å². The number of benzene rings is 3. The molecule has 3 heterocycles. The molecule has 6 rings (SSSR count). The molecule has 1 atom stereocenters. The normalized spacial score (nSPS) is 14.7. The van der Waals surface area contributed by atoms with E-state index < -0.39 is 6.04 Å². The number of fused-ring (bicyclic) bond motifs is 2. The van der Waals surface area contributed by atoms with Gasteiger partial charge in [-0.05, 0) is 75.7 Å². The van der Waals surface area contributed by atoms with Crippen LogP contribution in [-0.4, -0.2) is 47.3 Å². The van der Waals surface area contributed by atoms with Gasteiger partial charge in [0, 0.05) is 51.8 Å². The van der Waals surface area contributed by atoms with E-state index in [4.69, 9.17) is 14.5 Å². The molecule has 0 saturated heterocycles. The molecule has 1 aliphatic heterocycles. The summed E-state index contributed by atoms with van der Waals surface area (Å²) in [6, 6.07) is 21.3. The second kappa shape index (κ2) is 13.4. The van der Waals surface area contributed by atoms with Crippen LogP contribution < -0.4 is 24.4 Å². The first-order chi connectivity index (χ1) is 22.7. The molecule has 5 aromatic rings. The van der Waals surface area contributed by atoms with Crippen LogP contribution in [0.5, 0.6) is 11.5 Å². The number of hydrogen-bond acceptors (Lipinski definition) is 6. The highest BCUT2D eigenvalue weighted by atomic mass is 79.9. The Hall–Kier alpha value is -4.41. The Balaban J connectivity index is 1.58. The number of nitrogens with zero attached hydrogens (tertiary/aromatic N) is 4. The Bertz CT molecular complexity index is 2210. The monoisotopic (exact) mass is 712 g/mol. The lowest BCUT2D eigenvalue weighted by Crippen LogP contribution is -2.43. The highest BCUT2D eigenvalue weighted by molar-refractivity contribution is 9.10. The second-order valence-corrected chi connectivity index (χ2v) is 13.3. The van der Waals surface area contributed by atoms with Crippen molar-refractivity contribution in [1.29, 1.82) is 0 Å². The zero-order chi connectivity index (χ0) is 33.4. The van der Waals surface area contributed by atoms with Gasteiger partial charge >= 0.3 is 0 Å². The molecule has 0 aliphatic carbocycles. The smallest absolute Gasteiger partial charge is 0.271 e. The average Bonchev–Trinajstić information content (AvgIpc) is 3.53. The third kappa shape index (κ3) is 5.85. The second-order valence-electron chi connectivity index (χ2n) is 11.4. The number of halogens is 1. The standard InChI is InChI=1S/C37H37BrN4O4S/c1-7-40(8-2)36(44)33-22(3)39-37-42(34(33)29-19-26(45-5)17-18-31(29)46-6)35(43)32(47-37)20-28-23(4)41(30-12-10-9-11-27(28)30)21-24-13-15-25(38)16-14-24/h9-20,34H,7-8,21H2,1-6H3/b32-20+/t34-/m0/s1. The summed E-state index contributed by atoms with van der Waals surface area (Å²) in [7, 11) is 3.18. The van der Waals surface area contributed by atoms with Gasteiger partial charge in [-0.1, -0.05) is 57.6 Å². The van der Waals surface area contributed by atoms with Gasteiger partial charge in [-0.15, -0.1) is 0 Å². The van der Waals surface area contributed by atoms with Crippen LogP contribution in [0.2, 0.25) is 0 Å². The SMILES string of the molecule is CCN(CC)C(=O)C1=C(C)N=c2s/c(=C/c3c(C)n(Cc4ccc(Br)cc4)c4ccccc34)c(=O)n2[C@H]1c1cc(OC)ccc1OC. The molecule has 0 fully saturated rings. The minimum absolute atomic E-state index is 0.160. The molecule has 47 heavy (non-hydrogen) atoms. The quantitative estimate of drug-likeness (QED) is 0.183. The van der Waals surface area contributed by atoms with E-state index in [9.17, 15) is 9.59 Å². The van der Waals surface area contributed by atoms with Crippen LogP contribution in [0.1, 0.15) is 49.2 Å². The van der Waals surface area contributed by atoms with Crippen molar-refractivity contribution < 1.29 is 14.3 Å². The molecule has 0 bridgehead atoms. The van der Waals surface area contributed by atoms with Crippen molar-refractivity contribution in [2.24, 2.45) is 4.99 Å². The minimum atomic E-state index is -0.758. The van der Waals surface area contributed by atoms with E-state index in [1.54, 1.807) is 29.8 Å². The summed E-state index contributed by atoms with van der Waals surface area (Å²) in [5.41, 5.74) is 5.77. The van der Waals surface area contributed by atoms with Crippen LogP contribution in [0.3, 0.4) is 0 Å². The zero-order valence-electron chi connectivity index (χ0n) is 27.3. The predicted octanol–water partition coefficient (Wildman–Crippen LogP) is 6.19. The van der Waals surface area contributed by atoms with E-state index >= 15 is 0 Å². The topological polar surface area (TPSA) is 78.1 Å². The molecule has 1 aliphatic rings. The summed E-state index contributed by atoms with van der Waals surface area (Å²) in [6.07, 6.45) is 1.98. The summed E-state index contributed by atoms with van der Waals surface area (Å²) >= 11 is 4.86. The summed E-state index contributed by atoms with van der Waals surface area (Å²) in [5.74, 6) is 0.991. The number of amides is 1. The van der Waals surface area contributed by atoms with Crippen molar-refractivity contribution in [3.63, 3.8) is 0 Å². The Morgan fingerprint density at radius 3 is 2.43 bits per heavy atom. The number of allylic oxidation sites excluding steroid dienone is 1. The maximum atomic E-state index is 14.6. The van der Waals surface area contributed by atoms with E-state index in [0.717, 1.165) is 26.6 Å². The van der Waals surface area contributed by atoms with E-state index in [2.05, 4.69) is 51.7 Å². The molecule has 0 spiro atoms. The number of hydrogen-bond donors (Lipinski definition) is 0. The molecule has 2 aromatic heterocycles. The Kier molecular flexibility index (Phi) is 9.25. The fourth-order valence-electron chi connectivity index (χ4n) is 6.37. The van der Waals surface area contributed by atoms with Gasteiger partial charge in [0.05, 0.1) is 30.0 Å². The highest BCUT2D eigenvalue weighted by Crippen LogP contribution is 2.38. The van der Waals surface area contributed by atoms with Crippen molar-refractivity contribution >= 4 is 50.2 Å². The van der Waals surface area contributed by atoms with Gasteiger partial charge in [0.15, 0.2) is 4.80 Å². The van der Waals surface area contributed by atoms with Crippen LogP contribution in [0, 0.1) is 6.92 Å². The molecule has 3 aromatic carbocycles. The van der Waals surface area contributed by atoms with Gasteiger partial charge < -0.3 is 18.9 Å². The minimum Gasteiger partial charge on any atom is -0.497 e. The predicted molar refractivity (Wildman–Crippen MR) is 191 cm³/mol. The Morgan fingerprint density at radius 2 is 1.74 bits per heavy atom. The molecule has 0 radical (unpaired) electrons. The summed E-state index contributed by atoms with van der Waals surface area (Å²) < 4.78 is 16.9. The van der Waals surface area contributed by atoms with E-state index in [1.807, 2.05) is 63.2 Å². The number of ether oxygens (including phenoxy) is 2. The lowest BCUT2D eigenvalue weighted by Gasteiger charge is -2.30. The largest absolute Gasteiger partial charge is 0.497 e. The average molecular weight is 714 g/mol. The summed E-state index contributed by atoms with van der Waals surface area (Å²) in [6.45, 7) is 9.58. The fourth-order valence-corrected chi connectivity index (χ4v) is 7.66. The van der Waals surface area contributed by atoms with Crippen LogP contribution in [0.15, 0.2) is 92.3 Å². The van der Waals surface area contributed by atoms with Crippen LogP contribution in [0.4, 0.5) is 0 Å². The third-order valence-corrected chi connectivity index (χ3v) is 10.4. The molecule has 8 nitrogen and oxygen atoms in total. The first-order valence-electron chi connectivity index (χ1n) is 15.6. The first kappa shape index (κ1) is 32.5. The zero-order valence-corrected chi connectivity index (χ0v) is 29.7. The number of aromatic nitrogens is 2. The van der Waals surface area contributed by atoms with Gasteiger partial charge in [0.25, 0.3) is 11.5 Å². The number of methoxy groups -OCH3 is 2. The van der Waals surface area contributed by atoms with E-state index in [1.165, 1.54) is 16.9 Å². The van der Waals surface area contributed by atoms with Crippen molar-refractivity contribution in [3.05, 3.63) is 125 Å². The lowest BCUT2D eigenvalue weighted by atomic mass is 9.93. The van der Waals surface area contributed by atoms with Crippen LogP contribution in [-0.2, 0) is 11.3 Å². The number of carbonyl (C=O) groups excluding carboxylic acids is 1. The van der Waals surface area contributed by atoms with E-state index in [-0.39, 0.29) is 11.5 Å². The van der Waals surface area contributed by atoms with Crippen LogP contribution in [0.25, 0.3) is 17.0 Å². The van der Waals surface area contributed by atoms with Gasteiger partial charge in [0.2, 0.25) is 0 Å². The van der Waals surface area contributed by atoms with Crippen molar-refractivity contribution in [1.82, 2.24) is 14.0 Å². The van der Waals surface area contributed by atoms with Gasteiger partial charge in [-0.3, -0.25) is 14.2 Å². The number of thiazole rings is 1. The molecule has 0 N–H and O–H groups in total. The van der Waals surface area contributed by atoms with Crippen molar-refractivity contribution in [2.45, 2.75) is 40.3 Å². The molecular formula is C37H37BrN4O4S. The maximum Gasteiger partial charge on any atom is 0.271 e. The molecule has 0 unspecified atom stereocenters. The van der Waals surface area contributed by atoms with Crippen LogP contribution >= 0.6 is 27.3 Å². The van der Waals surface area contributed by atoms with Crippen molar-refractivity contribution in [3.8, 4) is 11.5 Å². The Labute approximate surface area is 286 Å². The third-order valence-electron chi connectivity index (χ3n) is 8.84. The first-order valence-corrected chi connectivity index (χ1v) is 17.2. The number of rotatable bonds is 9. The Morgan fingerprint density at radius 1 is 1.02 bits per heavy atom. The van der Waals surface area contributed by atoms with E-state index in [0.29, 0.717) is 57.3 Å². The number of para-hydroxylation sites is 1. The highest BCUT2D eigenvalue weighted by Gasteiger charge is 2.36.